The number of hydrogen-bond acceptors (Lipinski definition) is 3. The highest BCUT2D eigenvalue weighted by Gasteiger charge is 2.29. The van der Waals surface area contributed by atoms with E-state index in [1.165, 1.54) is 5.56 Å². The summed E-state index contributed by atoms with van der Waals surface area (Å²) in [4.78, 5) is 2.39. The molecule has 1 unspecified atom stereocenters. The van der Waals surface area contributed by atoms with Crippen LogP contribution in [0.25, 0.3) is 0 Å². The Labute approximate surface area is 165 Å². The van der Waals surface area contributed by atoms with Crippen LogP contribution in [0.5, 0.6) is 0 Å². The van der Waals surface area contributed by atoms with Gasteiger partial charge in [-0.2, -0.15) is 0 Å². The molecular formula is C22H28BrNO2. The molecule has 1 aliphatic rings. The van der Waals surface area contributed by atoms with Gasteiger partial charge in [-0.15, -0.1) is 0 Å². The van der Waals surface area contributed by atoms with E-state index < -0.39 is 5.60 Å². The van der Waals surface area contributed by atoms with Crippen LogP contribution in [0.2, 0.25) is 0 Å². The highest BCUT2D eigenvalue weighted by Crippen LogP contribution is 2.32. The second kappa shape index (κ2) is 9.65. The van der Waals surface area contributed by atoms with Gasteiger partial charge in [0, 0.05) is 24.1 Å². The lowest BCUT2D eigenvalue weighted by Crippen LogP contribution is -2.40. The molecule has 1 saturated heterocycles. The first-order valence-electron chi connectivity index (χ1n) is 9.48. The van der Waals surface area contributed by atoms with Gasteiger partial charge in [0.15, 0.2) is 0 Å². The fourth-order valence-corrected chi connectivity index (χ4v) is 3.84. The Hall–Kier alpha value is -1.20. The summed E-state index contributed by atoms with van der Waals surface area (Å²) in [5.74, 6) is 0. The van der Waals surface area contributed by atoms with E-state index in [9.17, 15) is 5.11 Å². The SMILES string of the molecule is OC(CCCc1ccccc1)(CCN1CCOCC1)c1ccc(Br)cc1. The van der Waals surface area contributed by atoms with Crippen LogP contribution in [-0.4, -0.2) is 42.9 Å². The quantitative estimate of drug-likeness (QED) is 0.691. The molecule has 0 aliphatic carbocycles. The predicted octanol–water partition coefficient (Wildman–Crippen LogP) is 4.38. The number of rotatable bonds is 8. The number of aliphatic hydroxyl groups is 1. The van der Waals surface area contributed by atoms with Gasteiger partial charge in [0.2, 0.25) is 0 Å². The fourth-order valence-electron chi connectivity index (χ4n) is 3.57. The zero-order chi connectivity index (χ0) is 18.2. The molecule has 26 heavy (non-hydrogen) atoms. The summed E-state index contributed by atoms with van der Waals surface area (Å²) in [5.41, 5.74) is 1.56. The molecule has 1 fully saturated rings. The van der Waals surface area contributed by atoms with Gasteiger partial charge in [-0.25, -0.2) is 0 Å². The molecule has 0 radical (unpaired) electrons. The van der Waals surface area contributed by atoms with Crippen molar-refractivity contribution >= 4 is 15.9 Å². The van der Waals surface area contributed by atoms with Crippen molar-refractivity contribution < 1.29 is 9.84 Å². The lowest BCUT2D eigenvalue weighted by atomic mass is 9.85. The van der Waals surface area contributed by atoms with Crippen LogP contribution < -0.4 is 0 Å². The Morgan fingerprint density at radius 3 is 2.35 bits per heavy atom. The molecule has 0 amide bonds. The van der Waals surface area contributed by atoms with E-state index in [1.807, 2.05) is 30.3 Å². The number of nitrogens with zero attached hydrogens (tertiary/aromatic N) is 1. The summed E-state index contributed by atoms with van der Waals surface area (Å²) in [6.45, 7) is 4.41. The molecule has 1 heterocycles. The highest BCUT2D eigenvalue weighted by atomic mass is 79.9. The minimum Gasteiger partial charge on any atom is -0.385 e. The molecule has 1 N–H and O–H groups in total. The number of benzene rings is 2. The van der Waals surface area contributed by atoms with Crippen LogP contribution in [-0.2, 0) is 16.8 Å². The normalized spacial score (nSPS) is 17.8. The van der Waals surface area contributed by atoms with Crippen molar-refractivity contribution in [2.24, 2.45) is 0 Å². The van der Waals surface area contributed by atoms with Crippen molar-refractivity contribution in [1.82, 2.24) is 4.90 Å². The van der Waals surface area contributed by atoms with Crippen molar-refractivity contribution in [1.29, 1.82) is 0 Å². The number of aryl methyl sites for hydroxylation is 1. The number of ether oxygens (including phenoxy) is 1. The minimum atomic E-state index is -0.784. The van der Waals surface area contributed by atoms with E-state index in [0.717, 1.165) is 68.6 Å². The molecule has 1 atom stereocenters. The second-order valence-corrected chi connectivity index (χ2v) is 8.00. The Morgan fingerprint density at radius 2 is 1.65 bits per heavy atom. The maximum Gasteiger partial charge on any atom is 0.0908 e. The Kier molecular flexibility index (Phi) is 7.26. The van der Waals surface area contributed by atoms with Crippen LogP contribution in [0.3, 0.4) is 0 Å². The number of hydrogen-bond donors (Lipinski definition) is 1. The van der Waals surface area contributed by atoms with Crippen molar-refractivity contribution in [3.63, 3.8) is 0 Å². The van der Waals surface area contributed by atoms with Crippen LogP contribution in [0.15, 0.2) is 59.1 Å². The molecule has 0 bridgehead atoms. The molecule has 1 aliphatic heterocycles. The van der Waals surface area contributed by atoms with E-state index in [1.54, 1.807) is 0 Å². The lowest BCUT2D eigenvalue weighted by Gasteiger charge is -2.33. The maximum absolute atomic E-state index is 11.5. The summed E-state index contributed by atoms with van der Waals surface area (Å²) in [6.07, 6.45) is 3.49. The number of halogens is 1. The average molecular weight is 418 g/mol. The zero-order valence-corrected chi connectivity index (χ0v) is 16.8. The van der Waals surface area contributed by atoms with Crippen LogP contribution in [0.4, 0.5) is 0 Å². The Bertz CT molecular complexity index is 656. The van der Waals surface area contributed by atoms with E-state index in [0.29, 0.717) is 0 Å². The molecular weight excluding hydrogens is 390 g/mol. The van der Waals surface area contributed by atoms with E-state index in [4.69, 9.17) is 4.74 Å². The second-order valence-electron chi connectivity index (χ2n) is 7.08. The van der Waals surface area contributed by atoms with Crippen LogP contribution >= 0.6 is 15.9 Å². The van der Waals surface area contributed by atoms with Crippen molar-refractivity contribution in [3.05, 3.63) is 70.2 Å². The van der Waals surface area contributed by atoms with Crippen LogP contribution in [0, 0.1) is 0 Å². The van der Waals surface area contributed by atoms with E-state index in [2.05, 4.69) is 45.1 Å². The van der Waals surface area contributed by atoms with Crippen molar-refractivity contribution in [3.8, 4) is 0 Å². The van der Waals surface area contributed by atoms with Crippen molar-refractivity contribution in [2.75, 3.05) is 32.8 Å². The van der Waals surface area contributed by atoms with Gasteiger partial charge in [0.25, 0.3) is 0 Å². The van der Waals surface area contributed by atoms with Gasteiger partial charge in [0.1, 0.15) is 0 Å². The largest absolute Gasteiger partial charge is 0.385 e. The summed E-state index contributed by atoms with van der Waals surface area (Å²) in [5, 5.41) is 11.5. The molecule has 0 aromatic heterocycles. The van der Waals surface area contributed by atoms with Gasteiger partial charge >= 0.3 is 0 Å². The number of morpholine rings is 1. The topological polar surface area (TPSA) is 32.7 Å². The first kappa shape index (κ1) is 19.6. The van der Waals surface area contributed by atoms with Gasteiger partial charge in [0.05, 0.1) is 18.8 Å². The third-order valence-electron chi connectivity index (χ3n) is 5.23. The van der Waals surface area contributed by atoms with Crippen molar-refractivity contribution in [2.45, 2.75) is 31.3 Å². The Balaban J connectivity index is 1.64. The van der Waals surface area contributed by atoms with Gasteiger partial charge in [-0.1, -0.05) is 58.4 Å². The zero-order valence-electron chi connectivity index (χ0n) is 15.2. The van der Waals surface area contributed by atoms with E-state index in [-0.39, 0.29) is 0 Å². The molecule has 3 rings (SSSR count). The summed E-state index contributed by atoms with van der Waals surface area (Å²) < 4.78 is 6.48. The van der Waals surface area contributed by atoms with E-state index >= 15 is 0 Å². The third-order valence-corrected chi connectivity index (χ3v) is 5.75. The third kappa shape index (κ3) is 5.65. The Morgan fingerprint density at radius 1 is 0.962 bits per heavy atom. The smallest absolute Gasteiger partial charge is 0.0908 e. The molecule has 4 heteroatoms. The average Bonchev–Trinajstić information content (AvgIpc) is 2.69. The highest BCUT2D eigenvalue weighted by molar-refractivity contribution is 9.10. The fraction of sp³-hybridized carbons (Fsp3) is 0.455. The molecule has 3 nitrogen and oxygen atoms in total. The van der Waals surface area contributed by atoms with Crippen LogP contribution in [0.1, 0.15) is 30.4 Å². The monoisotopic (exact) mass is 417 g/mol. The van der Waals surface area contributed by atoms with Gasteiger partial charge in [-0.05, 0) is 48.9 Å². The maximum atomic E-state index is 11.5. The molecule has 2 aromatic rings. The van der Waals surface area contributed by atoms with Gasteiger partial charge < -0.3 is 9.84 Å². The molecule has 0 spiro atoms. The lowest BCUT2D eigenvalue weighted by molar-refractivity contribution is -0.0109. The first-order chi connectivity index (χ1) is 12.7. The predicted molar refractivity (Wildman–Crippen MR) is 109 cm³/mol. The summed E-state index contributed by atoms with van der Waals surface area (Å²) in [7, 11) is 0. The molecule has 2 aromatic carbocycles. The molecule has 0 saturated carbocycles. The minimum absolute atomic E-state index is 0.753. The standard InChI is InChI=1S/C22H28BrNO2/c23-21-10-8-20(9-11-21)22(25,13-14-24-15-17-26-18-16-24)12-4-7-19-5-2-1-3-6-19/h1-3,5-6,8-11,25H,4,7,12-18H2. The van der Waals surface area contributed by atoms with Gasteiger partial charge in [-0.3, -0.25) is 4.90 Å². The first-order valence-corrected chi connectivity index (χ1v) is 10.3. The summed E-state index contributed by atoms with van der Waals surface area (Å²) >= 11 is 3.49. The molecule has 140 valence electrons. The summed E-state index contributed by atoms with van der Waals surface area (Å²) in [6, 6.07) is 18.7.